The van der Waals surface area contributed by atoms with Gasteiger partial charge in [-0.1, -0.05) is 23.7 Å². The van der Waals surface area contributed by atoms with E-state index in [1.165, 1.54) is 0 Å². The Hall–Kier alpha value is 0.130. The molecule has 1 nitrogen and oxygen atoms in total. The van der Waals surface area contributed by atoms with Gasteiger partial charge in [0.15, 0.2) is 0 Å². The molecule has 16 heavy (non-hydrogen) atoms. The van der Waals surface area contributed by atoms with Crippen molar-refractivity contribution in [3.05, 3.63) is 54.1 Å². The van der Waals surface area contributed by atoms with E-state index in [9.17, 15) is 0 Å². The third-order valence-corrected chi connectivity index (χ3v) is 5.75. The maximum absolute atomic E-state index is 6.18. The first-order valence-corrected chi connectivity index (χ1v) is 7.32. The van der Waals surface area contributed by atoms with E-state index in [1.54, 1.807) is 11.3 Å². The van der Waals surface area contributed by atoms with Crippen LogP contribution in [0.4, 0.5) is 0 Å². The van der Waals surface area contributed by atoms with Gasteiger partial charge in [0.05, 0.1) is 9.83 Å². The molecule has 0 saturated carbocycles. The van der Waals surface area contributed by atoms with Crippen molar-refractivity contribution in [2.24, 2.45) is 5.73 Å². The molecule has 84 valence electrons. The molecule has 1 aromatic heterocycles. The molecule has 1 heterocycles. The maximum Gasteiger partial charge on any atom is 0.0843 e. The van der Waals surface area contributed by atoms with E-state index < -0.39 is 0 Å². The highest BCUT2D eigenvalue weighted by molar-refractivity contribution is 9.13. The van der Waals surface area contributed by atoms with E-state index in [0.717, 1.165) is 18.7 Å². The first kappa shape index (κ1) is 12.6. The zero-order valence-corrected chi connectivity index (χ0v) is 12.8. The first-order chi connectivity index (χ1) is 7.58. The number of benzene rings is 1. The third-order valence-electron chi connectivity index (χ3n) is 2.18. The molecular weight excluding hydrogens is 373 g/mol. The number of hydrogen-bond acceptors (Lipinski definition) is 2. The van der Waals surface area contributed by atoms with E-state index in [2.05, 4.69) is 31.9 Å². The van der Waals surface area contributed by atoms with Gasteiger partial charge in [0, 0.05) is 14.4 Å². The second-order valence-electron chi connectivity index (χ2n) is 3.30. The van der Waals surface area contributed by atoms with Crippen molar-refractivity contribution in [3.8, 4) is 0 Å². The van der Waals surface area contributed by atoms with Gasteiger partial charge >= 0.3 is 0 Å². The summed E-state index contributed by atoms with van der Waals surface area (Å²) in [6.07, 6.45) is 0. The quantitative estimate of drug-likeness (QED) is 0.780. The Balaban J connectivity index is 2.35. The van der Waals surface area contributed by atoms with Gasteiger partial charge in [-0.25, -0.2) is 0 Å². The molecule has 2 rings (SSSR count). The lowest BCUT2D eigenvalue weighted by Crippen LogP contribution is -2.09. The lowest BCUT2D eigenvalue weighted by atomic mass is 10.1. The van der Waals surface area contributed by atoms with Crippen molar-refractivity contribution in [3.63, 3.8) is 0 Å². The summed E-state index contributed by atoms with van der Waals surface area (Å²) in [4.78, 5) is 1.10. The van der Waals surface area contributed by atoms with Crippen LogP contribution in [-0.2, 0) is 0 Å². The normalized spacial score (nSPS) is 12.8. The molecule has 5 heteroatoms. The summed E-state index contributed by atoms with van der Waals surface area (Å²) < 4.78 is 2.09. The zero-order valence-electron chi connectivity index (χ0n) is 8.08. The van der Waals surface area contributed by atoms with Crippen LogP contribution in [0.15, 0.2) is 38.6 Å². The highest BCUT2D eigenvalue weighted by Crippen LogP contribution is 2.36. The summed E-state index contributed by atoms with van der Waals surface area (Å²) in [5.74, 6) is 0. The van der Waals surface area contributed by atoms with Crippen LogP contribution in [0.25, 0.3) is 0 Å². The van der Waals surface area contributed by atoms with Crippen molar-refractivity contribution in [1.29, 1.82) is 0 Å². The van der Waals surface area contributed by atoms with Crippen molar-refractivity contribution in [2.45, 2.75) is 6.04 Å². The minimum atomic E-state index is -0.133. The molecule has 1 atom stereocenters. The van der Waals surface area contributed by atoms with E-state index in [1.807, 2.05) is 30.3 Å². The van der Waals surface area contributed by atoms with Crippen LogP contribution in [0.1, 0.15) is 16.5 Å². The van der Waals surface area contributed by atoms with Gasteiger partial charge in [-0.3, -0.25) is 0 Å². The van der Waals surface area contributed by atoms with Crippen molar-refractivity contribution in [2.75, 3.05) is 0 Å². The van der Waals surface area contributed by atoms with E-state index in [-0.39, 0.29) is 6.04 Å². The Morgan fingerprint density at radius 1 is 1.25 bits per heavy atom. The summed E-state index contributed by atoms with van der Waals surface area (Å²) >= 11 is 14.5. The Labute approximate surface area is 120 Å². The van der Waals surface area contributed by atoms with Crippen molar-refractivity contribution < 1.29 is 0 Å². The second kappa shape index (κ2) is 5.19. The number of rotatable bonds is 2. The maximum atomic E-state index is 6.18. The van der Waals surface area contributed by atoms with Crippen molar-refractivity contribution >= 4 is 54.8 Å². The number of hydrogen-bond donors (Lipinski definition) is 1. The predicted octanol–water partition coefficient (Wildman–Crippen LogP) is 4.97. The summed E-state index contributed by atoms with van der Waals surface area (Å²) in [6.45, 7) is 0. The smallest absolute Gasteiger partial charge is 0.0843 e. The second-order valence-corrected chi connectivity index (χ2v) is 7.00. The molecule has 0 spiro atoms. The Morgan fingerprint density at radius 3 is 2.56 bits per heavy atom. The van der Waals surface area contributed by atoms with Gasteiger partial charge in [-0.2, -0.15) is 0 Å². The topological polar surface area (TPSA) is 26.0 Å². The zero-order chi connectivity index (χ0) is 11.7. The van der Waals surface area contributed by atoms with Crippen LogP contribution in [0.3, 0.4) is 0 Å². The monoisotopic (exact) mass is 379 g/mol. The Kier molecular flexibility index (Phi) is 4.08. The molecule has 1 aromatic carbocycles. The number of thiophene rings is 1. The minimum absolute atomic E-state index is 0.133. The lowest BCUT2D eigenvalue weighted by molar-refractivity contribution is 0.893. The third kappa shape index (κ3) is 2.68. The molecule has 0 bridgehead atoms. The first-order valence-electron chi connectivity index (χ1n) is 4.53. The Bertz CT molecular complexity index is 493. The van der Waals surface area contributed by atoms with Gasteiger partial charge in [0.1, 0.15) is 0 Å². The predicted molar refractivity (Wildman–Crippen MR) is 77.2 cm³/mol. The molecule has 0 aliphatic carbocycles. The molecule has 0 aliphatic rings. The van der Waals surface area contributed by atoms with Gasteiger partial charge < -0.3 is 5.73 Å². The standard InChI is InChI=1S/C11H8Br2ClNS/c12-8-5-9(16-11(8)13)10(15)6-2-1-3-7(14)4-6/h1-5,10H,15H2. The highest BCUT2D eigenvalue weighted by Gasteiger charge is 2.13. The van der Waals surface area contributed by atoms with E-state index in [0.29, 0.717) is 5.02 Å². The SMILES string of the molecule is NC(c1cccc(Cl)c1)c1cc(Br)c(Br)s1. The van der Waals surface area contributed by atoms with Crippen LogP contribution in [0.5, 0.6) is 0 Å². The number of halogens is 3. The van der Waals surface area contributed by atoms with E-state index in [4.69, 9.17) is 17.3 Å². The molecular formula is C11H8Br2ClNS. The van der Waals surface area contributed by atoms with Gasteiger partial charge in [-0.05, 0) is 55.6 Å². The molecule has 2 aromatic rings. The fourth-order valence-electron chi connectivity index (χ4n) is 1.38. The van der Waals surface area contributed by atoms with Crippen LogP contribution >= 0.6 is 54.8 Å². The molecule has 1 unspecified atom stereocenters. The molecule has 0 saturated heterocycles. The lowest BCUT2D eigenvalue weighted by Gasteiger charge is -2.09. The van der Waals surface area contributed by atoms with Gasteiger partial charge in [0.2, 0.25) is 0 Å². The van der Waals surface area contributed by atoms with E-state index >= 15 is 0 Å². The fraction of sp³-hybridized carbons (Fsp3) is 0.0909. The largest absolute Gasteiger partial charge is 0.320 e. The molecule has 0 amide bonds. The summed E-state index contributed by atoms with van der Waals surface area (Å²) in [5, 5.41) is 0.711. The summed E-state index contributed by atoms with van der Waals surface area (Å²) in [7, 11) is 0. The number of nitrogens with two attached hydrogens (primary N) is 1. The summed E-state index contributed by atoms with van der Waals surface area (Å²) in [6, 6.07) is 9.53. The van der Waals surface area contributed by atoms with Crippen molar-refractivity contribution in [1.82, 2.24) is 0 Å². The average Bonchev–Trinajstić information content (AvgIpc) is 2.58. The van der Waals surface area contributed by atoms with Crippen LogP contribution in [-0.4, -0.2) is 0 Å². The van der Waals surface area contributed by atoms with Crippen LogP contribution < -0.4 is 5.73 Å². The average molecular weight is 382 g/mol. The Morgan fingerprint density at radius 2 is 2.00 bits per heavy atom. The summed E-state index contributed by atoms with van der Waals surface area (Å²) in [5.41, 5.74) is 7.20. The fourth-order valence-corrected chi connectivity index (χ4v) is 3.70. The van der Waals surface area contributed by atoms with Crippen LogP contribution in [0, 0.1) is 0 Å². The molecule has 0 fully saturated rings. The van der Waals surface area contributed by atoms with Gasteiger partial charge in [0.25, 0.3) is 0 Å². The van der Waals surface area contributed by atoms with Crippen LogP contribution in [0.2, 0.25) is 5.02 Å². The molecule has 0 aliphatic heterocycles. The highest BCUT2D eigenvalue weighted by atomic mass is 79.9. The molecule has 0 radical (unpaired) electrons. The molecule has 2 N–H and O–H groups in total. The minimum Gasteiger partial charge on any atom is -0.320 e. The van der Waals surface area contributed by atoms with Gasteiger partial charge in [-0.15, -0.1) is 11.3 Å².